The number of imide groups is 1. The van der Waals surface area contributed by atoms with Crippen molar-refractivity contribution >= 4 is 38.9 Å². The summed E-state index contributed by atoms with van der Waals surface area (Å²) in [5.74, 6) is -0.246. The highest BCUT2D eigenvalue weighted by molar-refractivity contribution is 9.10. The average Bonchev–Trinajstić information content (AvgIpc) is 3.07. The lowest BCUT2D eigenvalue weighted by Gasteiger charge is -2.21. The topological polar surface area (TPSA) is 95.5 Å². The van der Waals surface area contributed by atoms with Crippen LogP contribution in [0.1, 0.15) is 49.1 Å². The van der Waals surface area contributed by atoms with Gasteiger partial charge in [-0.15, -0.1) is 0 Å². The van der Waals surface area contributed by atoms with Crippen LogP contribution in [0.2, 0.25) is 0 Å². The monoisotopic (exact) mass is 430 g/mol. The van der Waals surface area contributed by atoms with E-state index in [1.54, 1.807) is 12.1 Å². The maximum Gasteiger partial charge on any atom is 0.321 e. The van der Waals surface area contributed by atoms with E-state index in [2.05, 4.69) is 26.6 Å². The first-order chi connectivity index (χ1) is 11.9. The third-order valence-electron chi connectivity index (χ3n) is 4.58. The third-order valence-corrected chi connectivity index (χ3v) is 5.88. The van der Waals surface area contributed by atoms with Gasteiger partial charge in [0.05, 0.1) is 11.7 Å². The van der Waals surface area contributed by atoms with Crippen LogP contribution in [-0.2, 0) is 21.6 Å². The molecule has 2 rings (SSSR count). The SMILES string of the molecule is CNC(=O)NC(=O)C(CC1CCCC1)c1ccc(CS(=O)O)c(Br)c1. The molecule has 1 aromatic carbocycles. The second-order valence-electron chi connectivity index (χ2n) is 6.32. The van der Waals surface area contributed by atoms with Gasteiger partial charge in [-0.1, -0.05) is 53.7 Å². The quantitative estimate of drug-likeness (QED) is 0.603. The van der Waals surface area contributed by atoms with Crippen LogP contribution in [0, 0.1) is 5.92 Å². The Morgan fingerprint density at radius 1 is 1.36 bits per heavy atom. The molecule has 25 heavy (non-hydrogen) atoms. The smallest absolute Gasteiger partial charge is 0.321 e. The minimum atomic E-state index is -1.93. The van der Waals surface area contributed by atoms with Gasteiger partial charge in [0.25, 0.3) is 0 Å². The second kappa shape index (κ2) is 9.45. The van der Waals surface area contributed by atoms with Gasteiger partial charge in [-0.2, -0.15) is 0 Å². The largest absolute Gasteiger partial charge is 0.341 e. The summed E-state index contributed by atoms with van der Waals surface area (Å²) < 4.78 is 20.8. The van der Waals surface area contributed by atoms with Gasteiger partial charge in [-0.25, -0.2) is 9.00 Å². The Morgan fingerprint density at radius 2 is 2.04 bits per heavy atom. The molecule has 8 heteroatoms. The Hall–Kier alpha value is -1.25. The van der Waals surface area contributed by atoms with Crippen LogP contribution >= 0.6 is 15.9 Å². The van der Waals surface area contributed by atoms with E-state index in [1.807, 2.05) is 6.07 Å². The van der Waals surface area contributed by atoms with Gasteiger partial charge in [0, 0.05) is 11.5 Å². The average molecular weight is 431 g/mol. The van der Waals surface area contributed by atoms with Crippen molar-refractivity contribution in [3.05, 3.63) is 33.8 Å². The molecule has 3 N–H and O–H groups in total. The molecule has 1 aromatic rings. The number of halogens is 1. The lowest BCUT2D eigenvalue weighted by atomic mass is 9.87. The lowest BCUT2D eigenvalue weighted by Crippen LogP contribution is -2.40. The first-order valence-electron chi connectivity index (χ1n) is 8.29. The molecule has 1 saturated carbocycles. The van der Waals surface area contributed by atoms with Crippen molar-refractivity contribution in [3.63, 3.8) is 0 Å². The zero-order chi connectivity index (χ0) is 18.4. The molecule has 138 valence electrons. The van der Waals surface area contributed by atoms with Crippen LogP contribution < -0.4 is 10.6 Å². The van der Waals surface area contributed by atoms with Crippen LogP contribution in [0.3, 0.4) is 0 Å². The minimum absolute atomic E-state index is 0.0264. The molecule has 0 aliphatic heterocycles. The predicted molar refractivity (Wildman–Crippen MR) is 101 cm³/mol. The molecule has 1 aliphatic rings. The van der Waals surface area contributed by atoms with Crippen molar-refractivity contribution in [1.82, 2.24) is 10.6 Å². The molecule has 3 amide bonds. The van der Waals surface area contributed by atoms with E-state index in [1.165, 1.54) is 19.9 Å². The Bertz CT molecular complexity index is 662. The molecule has 6 nitrogen and oxygen atoms in total. The number of hydrogen-bond acceptors (Lipinski definition) is 3. The van der Waals surface area contributed by atoms with Gasteiger partial charge in [0.2, 0.25) is 5.91 Å². The van der Waals surface area contributed by atoms with Crippen LogP contribution in [0.4, 0.5) is 4.79 Å². The molecule has 2 unspecified atom stereocenters. The summed E-state index contributed by atoms with van der Waals surface area (Å²) >= 11 is 1.49. The van der Waals surface area contributed by atoms with Gasteiger partial charge in [0.1, 0.15) is 0 Å². The van der Waals surface area contributed by atoms with Crippen molar-refractivity contribution in [1.29, 1.82) is 0 Å². The van der Waals surface area contributed by atoms with E-state index in [-0.39, 0.29) is 11.7 Å². The first kappa shape index (κ1) is 20.1. The van der Waals surface area contributed by atoms with E-state index in [0.717, 1.165) is 18.4 Å². The maximum atomic E-state index is 12.6. The van der Waals surface area contributed by atoms with E-state index in [0.29, 0.717) is 22.4 Å². The molecule has 0 heterocycles. The molecule has 2 atom stereocenters. The molecule has 1 aliphatic carbocycles. The van der Waals surface area contributed by atoms with Crippen molar-refractivity contribution in [3.8, 4) is 0 Å². The lowest BCUT2D eigenvalue weighted by molar-refractivity contribution is -0.121. The predicted octanol–water partition coefficient (Wildman–Crippen LogP) is 3.29. The molecule has 0 saturated heterocycles. The van der Waals surface area contributed by atoms with E-state index in [4.69, 9.17) is 4.55 Å². The summed E-state index contributed by atoms with van der Waals surface area (Å²) in [7, 11) is 1.47. The van der Waals surface area contributed by atoms with Gasteiger partial charge in [-0.3, -0.25) is 10.1 Å². The number of urea groups is 1. The number of carbonyl (C=O) groups excluding carboxylic acids is 2. The normalized spacial score (nSPS) is 17.1. The fourth-order valence-electron chi connectivity index (χ4n) is 3.27. The third kappa shape index (κ3) is 5.90. The van der Waals surface area contributed by atoms with Crippen molar-refractivity contribution < 1.29 is 18.4 Å². The Kier molecular flexibility index (Phi) is 7.58. The van der Waals surface area contributed by atoms with Gasteiger partial charge in [0.15, 0.2) is 11.1 Å². The Balaban J connectivity index is 2.23. The molecule has 0 radical (unpaired) electrons. The number of nitrogens with one attached hydrogen (secondary N) is 2. The Morgan fingerprint density at radius 3 is 2.60 bits per heavy atom. The summed E-state index contributed by atoms with van der Waals surface area (Å²) in [6.45, 7) is 0. The van der Waals surface area contributed by atoms with Crippen LogP contribution in [-0.4, -0.2) is 27.7 Å². The van der Waals surface area contributed by atoms with Crippen LogP contribution in [0.25, 0.3) is 0 Å². The summed E-state index contributed by atoms with van der Waals surface area (Å²) in [4.78, 5) is 24.1. The summed E-state index contributed by atoms with van der Waals surface area (Å²) in [6, 6.07) is 4.84. The van der Waals surface area contributed by atoms with Gasteiger partial charge < -0.3 is 9.87 Å². The van der Waals surface area contributed by atoms with Crippen LogP contribution in [0.5, 0.6) is 0 Å². The van der Waals surface area contributed by atoms with Crippen molar-refractivity contribution in [2.75, 3.05) is 7.05 Å². The molecule has 0 bridgehead atoms. The molecule has 0 aromatic heterocycles. The second-order valence-corrected chi connectivity index (χ2v) is 8.11. The standard InChI is InChI=1S/C17H23BrN2O4S/c1-19-17(22)20-16(21)14(8-11-4-2-3-5-11)12-6-7-13(10-25(23)24)15(18)9-12/h6-7,9,11,14H,2-5,8,10H2,1H3,(H,23,24)(H2,19,20,21,22). The van der Waals surface area contributed by atoms with Crippen molar-refractivity contribution in [2.24, 2.45) is 5.92 Å². The number of rotatable bonds is 6. The van der Waals surface area contributed by atoms with E-state index in [9.17, 15) is 13.8 Å². The van der Waals surface area contributed by atoms with E-state index < -0.39 is 23.0 Å². The van der Waals surface area contributed by atoms with E-state index >= 15 is 0 Å². The molecular formula is C17H23BrN2O4S. The highest BCUT2D eigenvalue weighted by Crippen LogP contribution is 2.35. The number of carbonyl (C=O) groups is 2. The zero-order valence-electron chi connectivity index (χ0n) is 14.1. The molecular weight excluding hydrogens is 408 g/mol. The molecule has 0 spiro atoms. The van der Waals surface area contributed by atoms with Crippen molar-refractivity contribution in [2.45, 2.75) is 43.8 Å². The van der Waals surface area contributed by atoms with Gasteiger partial charge in [-0.05, 0) is 29.5 Å². The summed E-state index contributed by atoms with van der Waals surface area (Å²) in [5, 5.41) is 4.77. The number of benzene rings is 1. The zero-order valence-corrected chi connectivity index (χ0v) is 16.5. The Labute approximate surface area is 158 Å². The fourth-order valence-corrected chi connectivity index (χ4v) is 4.51. The number of amides is 3. The highest BCUT2D eigenvalue weighted by atomic mass is 79.9. The maximum absolute atomic E-state index is 12.6. The summed E-state index contributed by atoms with van der Waals surface area (Å²) in [6.07, 6.45) is 5.26. The minimum Gasteiger partial charge on any atom is -0.341 e. The summed E-state index contributed by atoms with van der Waals surface area (Å²) in [5.41, 5.74) is 1.50. The molecule has 1 fully saturated rings. The number of hydrogen-bond donors (Lipinski definition) is 3. The first-order valence-corrected chi connectivity index (χ1v) is 10.4. The highest BCUT2D eigenvalue weighted by Gasteiger charge is 2.28. The van der Waals surface area contributed by atoms with Crippen LogP contribution in [0.15, 0.2) is 22.7 Å². The fraction of sp³-hybridized carbons (Fsp3) is 0.529. The van der Waals surface area contributed by atoms with Gasteiger partial charge >= 0.3 is 6.03 Å².